The molecule has 2 aromatic carbocycles. The summed E-state index contributed by atoms with van der Waals surface area (Å²) in [4.78, 5) is 11.6. The third-order valence-corrected chi connectivity index (χ3v) is 3.36. The summed E-state index contributed by atoms with van der Waals surface area (Å²) in [5, 5.41) is 0.700. The number of carbonyl (C=O) groups is 1. The van der Waals surface area contributed by atoms with Gasteiger partial charge in [-0.3, -0.25) is 0 Å². The van der Waals surface area contributed by atoms with Gasteiger partial charge in [0.25, 0.3) is 0 Å². The van der Waals surface area contributed by atoms with Gasteiger partial charge in [0.15, 0.2) is 5.75 Å². The topological polar surface area (TPSA) is 35.5 Å². The summed E-state index contributed by atoms with van der Waals surface area (Å²) >= 11 is 17.8. The lowest BCUT2D eigenvalue weighted by Gasteiger charge is -2.13. The Morgan fingerprint density at radius 1 is 0.950 bits per heavy atom. The van der Waals surface area contributed by atoms with Crippen LogP contribution in [0.25, 0.3) is 0 Å². The zero-order chi connectivity index (χ0) is 14.5. The Balaban J connectivity index is 2.02. The Labute approximate surface area is 131 Å². The van der Waals surface area contributed by atoms with Crippen LogP contribution < -0.4 is 4.74 Å². The summed E-state index contributed by atoms with van der Waals surface area (Å²) in [7, 11) is 0. The van der Waals surface area contributed by atoms with Gasteiger partial charge in [-0.15, -0.1) is 0 Å². The van der Waals surface area contributed by atoms with Crippen molar-refractivity contribution < 1.29 is 14.3 Å². The summed E-state index contributed by atoms with van der Waals surface area (Å²) < 4.78 is 9.89. The molecule has 0 N–H and O–H groups in total. The van der Waals surface area contributed by atoms with E-state index >= 15 is 0 Å². The van der Waals surface area contributed by atoms with E-state index in [9.17, 15) is 4.79 Å². The van der Waals surface area contributed by atoms with Crippen LogP contribution in [-0.4, -0.2) is 6.16 Å². The smallest absolute Gasteiger partial charge is 0.410 e. The molecule has 3 nitrogen and oxygen atoms in total. The van der Waals surface area contributed by atoms with Gasteiger partial charge < -0.3 is 9.47 Å². The van der Waals surface area contributed by atoms with Gasteiger partial charge in [0, 0.05) is 10.6 Å². The Kier molecular flexibility index (Phi) is 5.12. The van der Waals surface area contributed by atoms with E-state index in [0.29, 0.717) is 15.6 Å². The molecular formula is C14H9Cl3O3. The fourth-order valence-electron chi connectivity index (χ4n) is 1.45. The number of para-hydroxylation sites is 1. The first-order valence-electron chi connectivity index (χ1n) is 5.59. The minimum Gasteiger partial charge on any atom is -0.410 e. The molecule has 0 amide bonds. The SMILES string of the molecule is O=C(Oc1ccccc1Cl)OC(Cl)c1ccccc1Cl. The maximum Gasteiger partial charge on any atom is 0.515 e. The van der Waals surface area contributed by atoms with Gasteiger partial charge in [0.05, 0.1) is 5.02 Å². The molecule has 20 heavy (non-hydrogen) atoms. The fraction of sp³-hybridized carbons (Fsp3) is 0.0714. The quantitative estimate of drug-likeness (QED) is 0.426. The van der Waals surface area contributed by atoms with Crippen molar-refractivity contribution in [2.45, 2.75) is 5.56 Å². The number of hydrogen-bond acceptors (Lipinski definition) is 3. The second-order valence-electron chi connectivity index (χ2n) is 3.74. The van der Waals surface area contributed by atoms with E-state index in [1.54, 1.807) is 48.5 Å². The van der Waals surface area contributed by atoms with Crippen molar-refractivity contribution >= 4 is 41.0 Å². The molecule has 0 aliphatic heterocycles. The Hall–Kier alpha value is -1.42. The van der Waals surface area contributed by atoms with Gasteiger partial charge in [-0.1, -0.05) is 65.1 Å². The van der Waals surface area contributed by atoms with E-state index in [1.165, 1.54) is 0 Å². The van der Waals surface area contributed by atoms with E-state index in [-0.39, 0.29) is 5.75 Å². The predicted octanol–water partition coefficient (Wildman–Crippen LogP) is 5.45. The minimum absolute atomic E-state index is 0.196. The van der Waals surface area contributed by atoms with Gasteiger partial charge in [-0.05, 0) is 18.2 Å². The molecule has 0 spiro atoms. The summed E-state index contributed by atoms with van der Waals surface area (Å²) in [6, 6.07) is 13.3. The van der Waals surface area contributed by atoms with Crippen molar-refractivity contribution in [2.75, 3.05) is 0 Å². The van der Waals surface area contributed by atoms with Crippen molar-refractivity contribution in [3.63, 3.8) is 0 Å². The standard InChI is InChI=1S/C14H9Cl3O3/c15-10-6-2-1-5-9(10)13(17)20-14(18)19-12-8-4-3-7-11(12)16/h1-8,13H. The molecule has 1 unspecified atom stereocenters. The first-order valence-corrected chi connectivity index (χ1v) is 6.78. The van der Waals surface area contributed by atoms with E-state index in [0.717, 1.165) is 0 Å². The largest absolute Gasteiger partial charge is 0.515 e. The maximum absolute atomic E-state index is 11.6. The number of alkyl halides is 1. The third-order valence-electron chi connectivity index (χ3n) is 2.38. The second-order valence-corrected chi connectivity index (χ2v) is 4.95. The van der Waals surface area contributed by atoms with Crippen molar-refractivity contribution in [1.82, 2.24) is 0 Å². The Morgan fingerprint density at radius 2 is 1.55 bits per heavy atom. The van der Waals surface area contributed by atoms with Gasteiger partial charge >= 0.3 is 6.16 Å². The van der Waals surface area contributed by atoms with Gasteiger partial charge in [0.1, 0.15) is 0 Å². The zero-order valence-corrected chi connectivity index (χ0v) is 12.3. The molecule has 6 heteroatoms. The highest BCUT2D eigenvalue weighted by molar-refractivity contribution is 6.33. The van der Waals surface area contributed by atoms with Crippen LogP contribution in [0.4, 0.5) is 4.79 Å². The second kappa shape index (κ2) is 6.84. The monoisotopic (exact) mass is 330 g/mol. The molecule has 2 aromatic rings. The van der Waals surface area contributed by atoms with Gasteiger partial charge in [-0.25, -0.2) is 4.79 Å². The maximum atomic E-state index is 11.6. The van der Waals surface area contributed by atoms with Crippen LogP contribution >= 0.6 is 34.8 Å². The highest BCUT2D eigenvalue weighted by atomic mass is 35.5. The molecule has 0 saturated heterocycles. The molecule has 1 atom stereocenters. The number of rotatable bonds is 3. The molecule has 0 bridgehead atoms. The normalized spacial score (nSPS) is 11.8. The summed E-state index contributed by atoms with van der Waals surface area (Å²) in [5.74, 6) is 0.196. The molecule has 0 saturated carbocycles. The Bertz CT molecular complexity index is 616. The van der Waals surface area contributed by atoms with E-state index in [2.05, 4.69) is 0 Å². The van der Waals surface area contributed by atoms with Crippen LogP contribution in [0.5, 0.6) is 5.75 Å². The molecule has 2 rings (SSSR count). The van der Waals surface area contributed by atoms with Crippen LogP contribution in [0.1, 0.15) is 11.1 Å². The number of carbonyl (C=O) groups excluding carboxylic acids is 1. The highest BCUT2D eigenvalue weighted by Gasteiger charge is 2.18. The average Bonchev–Trinajstić information content (AvgIpc) is 2.41. The van der Waals surface area contributed by atoms with Crippen LogP contribution in [0.3, 0.4) is 0 Å². The number of hydrogen-bond donors (Lipinski definition) is 0. The average molecular weight is 332 g/mol. The molecule has 0 radical (unpaired) electrons. The molecule has 0 aliphatic rings. The lowest BCUT2D eigenvalue weighted by molar-refractivity contribution is 0.0872. The molecule has 0 heterocycles. The highest BCUT2D eigenvalue weighted by Crippen LogP contribution is 2.30. The van der Waals surface area contributed by atoms with Crippen molar-refractivity contribution in [3.05, 3.63) is 64.1 Å². The van der Waals surface area contributed by atoms with Gasteiger partial charge in [-0.2, -0.15) is 0 Å². The number of benzene rings is 2. The third kappa shape index (κ3) is 3.79. The first-order chi connectivity index (χ1) is 9.58. The molecule has 104 valence electrons. The molecule has 0 aromatic heterocycles. The Morgan fingerprint density at radius 3 is 2.20 bits per heavy atom. The van der Waals surface area contributed by atoms with E-state index in [4.69, 9.17) is 44.3 Å². The fourth-order valence-corrected chi connectivity index (χ4v) is 2.18. The first kappa shape index (κ1) is 15.0. The van der Waals surface area contributed by atoms with Gasteiger partial charge in [0.2, 0.25) is 5.56 Å². The van der Waals surface area contributed by atoms with Crippen LogP contribution in [0.15, 0.2) is 48.5 Å². The predicted molar refractivity (Wildman–Crippen MR) is 78.6 cm³/mol. The molecule has 0 fully saturated rings. The zero-order valence-electron chi connectivity index (χ0n) is 10.1. The molecule has 0 aliphatic carbocycles. The number of ether oxygens (including phenoxy) is 2. The van der Waals surface area contributed by atoms with E-state index < -0.39 is 11.7 Å². The van der Waals surface area contributed by atoms with Crippen molar-refractivity contribution in [2.24, 2.45) is 0 Å². The van der Waals surface area contributed by atoms with Crippen LogP contribution in [-0.2, 0) is 4.74 Å². The summed E-state index contributed by atoms with van der Waals surface area (Å²) in [6.45, 7) is 0. The lowest BCUT2D eigenvalue weighted by Crippen LogP contribution is -2.12. The lowest BCUT2D eigenvalue weighted by atomic mass is 10.2. The summed E-state index contributed by atoms with van der Waals surface area (Å²) in [5.41, 5.74) is -0.564. The van der Waals surface area contributed by atoms with E-state index in [1.807, 2.05) is 0 Å². The van der Waals surface area contributed by atoms with Crippen molar-refractivity contribution in [1.29, 1.82) is 0 Å². The minimum atomic E-state index is -1.04. The number of halogens is 3. The van der Waals surface area contributed by atoms with Crippen LogP contribution in [0.2, 0.25) is 10.0 Å². The molecular weight excluding hydrogens is 323 g/mol. The summed E-state index contributed by atoms with van der Waals surface area (Å²) in [6.07, 6.45) is -0.960. The van der Waals surface area contributed by atoms with Crippen molar-refractivity contribution in [3.8, 4) is 5.75 Å². The van der Waals surface area contributed by atoms with Crippen LogP contribution in [0, 0.1) is 0 Å².